The van der Waals surface area contributed by atoms with Gasteiger partial charge in [0.1, 0.15) is 11.5 Å². The highest BCUT2D eigenvalue weighted by molar-refractivity contribution is 6.31. The Bertz CT molecular complexity index is 694. The number of hydrogen-bond acceptors (Lipinski definition) is 3. The molecule has 0 bridgehead atoms. The maximum absolute atomic E-state index is 6.54. The summed E-state index contributed by atoms with van der Waals surface area (Å²) in [6.07, 6.45) is 8.19. The molecule has 0 atom stereocenters. The zero-order chi connectivity index (χ0) is 17.6. The third-order valence-corrected chi connectivity index (χ3v) is 5.14. The minimum absolute atomic E-state index is 0.417. The first kappa shape index (κ1) is 18.2. The number of hydrogen-bond donors (Lipinski definition) is 0. The number of nitrogens with zero attached hydrogens (tertiary/aromatic N) is 2. The predicted octanol–water partition coefficient (Wildman–Crippen LogP) is 6.33. The van der Waals surface area contributed by atoms with Crippen LogP contribution in [0.4, 0.5) is 0 Å². The molecule has 1 heterocycles. The molecule has 1 aliphatic rings. The van der Waals surface area contributed by atoms with Gasteiger partial charge in [-0.15, -0.1) is 0 Å². The summed E-state index contributed by atoms with van der Waals surface area (Å²) in [5, 5.41) is 0.447. The molecule has 1 aromatic heterocycles. The van der Waals surface area contributed by atoms with Crippen LogP contribution in [0.15, 0.2) is 24.3 Å². The van der Waals surface area contributed by atoms with Crippen molar-refractivity contribution in [3.05, 3.63) is 40.8 Å². The topological polar surface area (TPSA) is 35.0 Å². The number of aryl methyl sites for hydroxylation is 1. The Balaban J connectivity index is 1.99. The van der Waals surface area contributed by atoms with Gasteiger partial charge >= 0.3 is 0 Å². The maximum atomic E-state index is 6.54. The second-order valence-corrected chi connectivity index (χ2v) is 7.31. The molecular weight excluding hydrogens is 332 g/mol. The predicted molar refractivity (Wildman–Crippen MR) is 103 cm³/mol. The third-order valence-electron chi connectivity index (χ3n) is 4.88. The van der Waals surface area contributed by atoms with Gasteiger partial charge in [-0.3, -0.25) is 0 Å². The van der Waals surface area contributed by atoms with Crippen molar-refractivity contribution < 1.29 is 4.74 Å². The largest absolute Gasteiger partial charge is 0.488 e. The Kier molecular flexibility index (Phi) is 6.30. The van der Waals surface area contributed by atoms with Crippen molar-refractivity contribution in [2.45, 2.75) is 64.7 Å². The molecule has 0 N–H and O–H groups in total. The van der Waals surface area contributed by atoms with Gasteiger partial charge in [0.25, 0.3) is 0 Å². The third kappa shape index (κ3) is 4.52. The van der Waals surface area contributed by atoms with E-state index in [0.29, 0.717) is 23.4 Å². The van der Waals surface area contributed by atoms with Gasteiger partial charge in [-0.25, -0.2) is 9.97 Å². The molecule has 3 rings (SSSR count). The van der Waals surface area contributed by atoms with Crippen molar-refractivity contribution in [1.29, 1.82) is 0 Å². The van der Waals surface area contributed by atoms with Gasteiger partial charge in [-0.1, -0.05) is 74.0 Å². The molecular formula is C21H27ClN2O. The van der Waals surface area contributed by atoms with E-state index in [1.165, 1.54) is 24.8 Å². The van der Waals surface area contributed by atoms with Crippen LogP contribution in [-0.2, 0) is 0 Å². The summed E-state index contributed by atoms with van der Waals surface area (Å²) < 4.78 is 5.98. The van der Waals surface area contributed by atoms with E-state index in [2.05, 4.69) is 43.1 Å². The fraction of sp³-hybridized carbons (Fsp3) is 0.524. The summed E-state index contributed by atoms with van der Waals surface area (Å²) in [5.74, 6) is 1.92. The van der Waals surface area contributed by atoms with E-state index in [1.54, 1.807) is 0 Å². The van der Waals surface area contributed by atoms with Crippen molar-refractivity contribution in [2.75, 3.05) is 6.61 Å². The molecule has 134 valence electrons. The van der Waals surface area contributed by atoms with Gasteiger partial charge in [0, 0.05) is 11.5 Å². The van der Waals surface area contributed by atoms with Crippen LogP contribution >= 0.6 is 11.6 Å². The lowest BCUT2D eigenvalue weighted by Crippen LogP contribution is -2.11. The zero-order valence-corrected chi connectivity index (χ0v) is 16.0. The highest BCUT2D eigenvalue weighted by atomic mass is 35.5. The van der Waals surface area contributed by atoms with Crippen LogP contribution in [0.3, 0.4) is 0 Å². The van der Waals surface area contributed by atoms with Crippen molar-refractivity contribution in [1.82, 2.24) is 9.97 Å². The van der Waals surface area contributed by atoms with Crippen LogP contribution in [-0.4, -0.2) is 16.6 Å². The SMILES string of the molecule is CCCCOc1c(Cl)nc(C2CCCCC2)nc1-c1ccc(C)cc1. The second-order valence-electron chi connectivity index (χ2n) is 6.95. The summed E-state index contributed by atoms with van der Waals surface area (Å²) in [4.78, 5) is 9.52. The lowest BCUT2D eigenvalue weighted by Gasteiger charge is -2.22. The molecule has 1 fully saturated rings. The van der Waals surface area contributed by atoms with Gasteiger partial charge in [0.05, 0.1) is 6.61 Å². The quantitative estimate of drug-likeness (QED) is 0.447. The van der Waals surface area contributed by atoms with E-state index in [1.807, 2.05) is 0 Å². The van der Waals surface area contributed by atoms with Crippen LogP contribution in [0.25, 0.3) is 11.3 Å². The van der Waals surface area contributed by atoms with E-state index in [0.717, 1.165) is 42.8 Å². The molecule has 0 spiro atoms. The Labute approximate surface area is 155 Å². The smallest absolute Gasteiger partial charge is 0.182 e. The fourth-order valence-electron chi connectivity index (χ4n) is 3.34. The number of halogens is 1. The summed E-state index contributed by atoms with van der Waals surface area (Å²) in [5.41, 5.74) is 3.10. The molecule has 1 aromatic carbocycles. The van der Waals surface area contributed by atoms with Crippen molar-refractivity contribution in [3.63, 3.8) is 0 Å². The van der Waals surface area contributed by atoms with E-state index >= 15 is 0 Å². The summed E-state index contributed by atoms with van der Waals surface area (Å²) in [7, 11) is 0. The van der Waals surface area contributed by atoms with Gasteiger partial charge in [0.15, 0.2) is 10.9 Å². The van der Waals surface area contributed by atoms with Crippen LogP contribution in [0.2, 0.25) is 5.15 Å². The zero-order valence-electron chi connectivity index (χ0n) is 15.2. The molecule has 0 unspecified atom stereocenters. The monoisotopic (exact) mass is 358 g/mol. The molecule has 3 nitrogen and oxygen atoms in total. The molecule has 0 saturated heterocycles. The standard InChI is InChI=1S/C21H27ClN2O/c1-3-4-14-25-19-18(16-12-10-15(2)11-13-16)23-21(24-20(19)22)17-8-6-5-7-9-17/h10-13,17H,3-9,14H2,1-2H3. The molecule has 0 aliphatic heterocycles. The number of aromatic nitrogens is 2. The minimum Gasteiger partial charge on any atom is -0.488 e. The summed E-state index contributed by atoms with van der Waals surface area (Å²) in [6.45, 7) is 4.87. The Hall–Kier alpha value is -1.61. The Morgan fingerprint density at radius 1 is 1.08 bits per heavy atom. The second kappa shape index (κ2) is 8.66. The Morgan fingerprint density at radius 3 is 2.48 bits per heavy atom. The van der Waals surface area contributed by atoms with Crippen LogP contribution in [0, 0.1) is 6.92 Å². The van der Waals surface area contributed by atoms with Crippen molar-refractivity contribution in [3.8, 4) is 17.0 Å². The maximum Gasteiger partial charge on any atom is 0.182 e. The first-order valence-corrected chi connectivity index (χ1v) is 9.84. The summed E-state index contributed by atoms with van der Waals surface area (Å²) in [6, 6.07) is 8.37. The summed E-state index contributed by atoms with van der Waals surface area (Å²) >= 11 is 6.54. The number of rotatable bonds is 6. The first-order valence-electron chi connectivity index (χ1n) is 9.46. The van der Waals surface area contributed by atoms with Gasteiger partial charge in [0.2, 0.25) is 0 Å². The average Bonchev–Trinajstić information content (AvgIpc) is 2.64. The molecule has 2 aromatic rings. The minimum atomic E-state index is 0.417. The van der Waals surface area contributed by atoms with Crippen LogP contribution in [0.5, 0.6) is 5.75 Å². The molecule has 4 heteroatoms. The normalized spacial score (nSPS) is 15.3. The fourth-order valence-corrected chi connectivity index (χ4v) is 3.57. The van der Waals surface area contributed by atoms with Crippen LogP contribution in [0.1, 0.15) is 69.2 Å². The van der Waals surface area contributed by atoms with Gasteiger partial charge < -0.3 is 4.74 Å². The van der Waals surface area contributed by atoms with E-state index in [-0.39, 0.29) is 0 Å². The number of ether oxygens (including phenoxy) is 1. The molecule has 1 saturated carbocycles. The van der Waals surface area contributed by atoms with E-state index in [4.69, 9.17) is 21.3 Å². The lowest BCUT2D eigenvalue weighted by atomic mass is 9.88. The highest BCUT2D eigenvalue weighted by Gasteiger charge is 2.23. The first-order chi connectivity index (χ1) is 12.2. The molecule has 0 amide bonds. The Morgan fingerprint density at radius 2 is 1.80 bits per heavy atom. The van der Waals surface area contributed by atoms with E-state index < -0.39 is 0 Å². The van der Waals surface area contributed by atoms with Crippen molar-refractivity contribution in [2.24, 2.45) is 0 Å². The van der Waals surface area contributed by atoms with Crippen molar-refractivity contribution >= 4 is 11.6 Å². The van der Waals surface area contributed by atoms with Gasteiger partial charge in [-0.2, -0.15) is 0 Å². The van der Waals surface area contributed by atoms with Crippen LogP contribution < -0.4 is 4.74 Å². The molecule has 1 aliphatic carbocycles. The lowest BCUT2D eigenvalue weighted by molar-refractivity contribution is 0.307. The van der Waals surface area contributed by atoms with Gasteiger partial charge in [-0.05, 0) is 26.2 Å². The number of benzene rings is 1. The molecule has 25 heavy (non-hydrogen) atoms. The average molecular weight is 359 g/mol. The number of unbranched alkanes of at least 4 members (excludes halogenated alkanes) is 1. The van der Waals surface area contributed by atoms with E-state index in [9.17, 15) is 0 Å². The molecule has 0 radical (unpaired) electrons. The highest BCUT2D eigenvalue weighted by Crippen LogP contribution is 2.38.